The van der Waals surface area contributed by atoms with E-state index in [4.69, 9.17) is 0 Å². The average Bonchev–Trinajstić information content (AvgIpc) is 3.49. The van der Waals surface area contributed by atoms with E-state index in [0.29, 0.717) is 18.2 Å². The molecule has 5 nitrogen and oxygen atoms in total. The summed E-state index contributed by atoms with van der Waals surface area (Å²) in [5, 5.41) is 9.06. The molecule has 0 aliphatic heterocycles. The number of benzene rings is 2. The van der Waals surface area contributed by atoms with Gasteiger partial charge in [0.1, 0.15) is 6.33 Å². The Morgan fingerprint density at radius 3 is 2.62 bits per heavy atom. The fraction of sp³-hybridized carbons (Fsp3) is 0.348. The van der Waals surface area contributed by atoms with E-state index >= 15 is 0 Å². The molecule has 1 saturated carbocycles. The number of thioether (sulfide) groups is 1. The van der Waals surface area contributed by atoms with Crippen molar-refractivity contribution in [2.75, 3.05) is 5.75 Å². The van der Waals surface area contributed by atoms with Gasteiger partial charge in [-0.15, -0.1) is 10.2 Å². The Bertz CT molecular complexity index is 968. The highest BCUT2D eigenvalue weighted by Gasteiger charge is 2.34. The maximum Gasteiger partial charge on any atom is 0.233 e. The molecule has 6 heteroatoms. The van der Waals surface area contributed by atoms with Crippen molar-refractivity contribution in [2.24, 2.45) is 5.92 Å². The number of rotatable bonds is 8. The van der Waals surface area contributed by atoms with E-state index in [-0.39, 0.29) is 11.9 Å². The van der Waals surface area contributed by atoms with E-state index in [1.807, 2.05) is 45.9 Å². The lowest BCUT2D eigenvalue weighted by Crippen LogP contribution is -2.40. The van der Waals surface area contributed by atoms with E-state index in [2.05, 4.69) is 42.2 Å². The van der Waals surface area contributed by atoms with Crippen molar-refractivity contribution < 1.29 is 4.79 Å². The molecule has 1 amide bonds. The maximum atomic E-state index is 13.2. The summed E-state index contributed by atoms with van der Waals surface area (Å²) < 4.78 is 1.96. The smallest absolute Gasteiger partial charge is 0.233 e. The molecule has 1 unspecified atom stereocenters. The third-order valence-electron chi connectivity index (χ3n) is 5.53. The first-order chi connectivity index (χ1) is 14.1. The normalized spacial score (nSPS) is 14.6. The van der Waals surface area contributed by atoms with E-state index < -0.39 is 0 Å². The number of amides is 1. The van der Waals surface area contributed by atoms with Crippen LogP contribution in [-0.2, 0) is 11.3 Å². The van der Waals surface area contributed by atoms with Crippen LogP contribution < -0.4 is 0 Å². The molecule has 1 atom stereocenters. The molecule has 150 valence electrons. The summed E-state index contributed by atoms with van der Waals surface area (Å²) in [6.45, 7) is 4.90. The summed E-state index contributed by atoms with van der Waals surface area (Å²) in [5.74, 6) is 1.13. The predicted octanol–water partition coefficient (Wildman–Crippen LogP) is 4.50. The number of para-hydroxylation sites is 1. The standard InChI is InChI=1S/C23H26N4OS/c1-17-8-6-7-11-21(17)27-16-24-25-23(27)29-15-22(28)26(18(2)20-12-13-20)14-19-9-4-3-5-10-19/h3-11,16,18,20H,12-15H2,1-2H3. The Balaban J connectivity index is 1.47. The first kappa shape index (κ1) is 19.7. The lowest BCUT2D eigenvalue weighted by molar-refractivity contribution is -0.131. The van der Waals surface area contributed by atoms with Crippen molar-refractivity contribution in [2.45, 2.75) is 44.4 Å². The molecule has 1 aliphatic carbocycles. The van der Waals surface area contributed by atoms with Crippen LogP contribution in [0.2, 0.25) is 0 Å². The van der Waals surface area contributed by atoms with Crippen molar-refractivity contribution >= 4 is 17.7 Å². The fourth-order valence-corrected chi connectivity index (χ4v) is 4.41. The molecule has 3 aromatic rings. The molecular weight excluding hydrogens is 380 g/mol. The minimum atomic E-state index is 0.151. The zero-order valence-corrected chi connectivity index (χ0v) is 17.7. The number of hydrogen-bond acceptors (Lipinski definition) is 4. The van der Waals surface area contributed by atoms with Gasteiger partial charge in [-0.05, 0) is 49.8 Å². The Hall–Kier alpha value is -2.60. The van der Waals surface area contributed by atoms with Gasteiger partial charge in [0.05, 0.1) is 11.4 Å². The SMILES string of the molecule is Cc1ccccc1-n1cnnc1SCC(=O)N(Cc1ccccc1)C(C)C1CC1. The summed E-state index contributed by atoms with van der Waals surface area (Å²) in [7, 11) is 0. The lowest BCUT2D eigenvalue weighted by atomic mass is 10.1. The van der Waals surface area contributed by atoms with Gasteiger partial charge >= 0.3 is 0 Å². The molecule has 1 aromatic heterocycles. The van der Waals surface area contributed by atoms with Gasteiger partial charge in [0.15, 0.2) is 5.16 Å². The number of aromatic nitrogens is 3. The molecule has 0 spiro atoms. The topological polar surface area (TPSA) is 51.0 Å². The minimum absolute atomic E-state index is 0.151. The van der Waals surface area contributed by atoms with Crippen molar-refractivity contribution in [1.82, 2.24) is 19.7 Å². The quantitative estimate of drug-likeness (QED) is 0.517. The second-order valence-corrected chi connectivity index (χ2v) is 8.59. The number of aryl methyl sites for hydroxylation is 1. The van der Waals surface area contributed by atoms with Gasteiger partial charge in [0.2, 0.25) is 5.91 Å². The lowest BCUT2D eigenvalue weighted by Gasteiger charge is -2.29. The molecule has 0 N–H and O–H groups in total. The molecule has 1 aliphatic rings. The molecule has 4 rings (SSSR count). The van der Waals surface area contributed by atoms with Gasteiger partial charge in [-0.25, -0.2) is 0 Å². The Morgan fingerprint density at radius 1 is 1.17 bits per heavy atom. The molecule has 1 fully saturated rings. The van der Waals surface area contributed by atoms with Crippen LogP contribution in [0.1, 0.15) is 30.9 Å². The van der Waals surface area contributed by atoms with E-state index in [0.717, 1.165) is 16.4 Å². The van der Waals surface area contributed by atoms with E-state index in [1.165, 1.54) is 30.2 Å². The average molecular weight is 407 g/mol. The number of carbonyl (C=O) groups is 1. The van der Waals surface area contributed by atoms with E-state index in [1.54, 1.807) is 6.33 Å². The van der Waals surface area contributed by atoms with Gasteiger partial charge in [0, 0.05) is 12.6 Å². The van der Waals surface area contributed by atoms with Crippen LogP contribution in [0.3, 0.4) is 0 Å². The minimum Gasteiger partial charge on any atom is -0.335 e. The third-order valence-corrected chi connectivity index (χ3v) is 6.46. The van der Waals surface area contributed by atoms with Crippen LogP contribution in [0.15, 0.2) is 66.1 Å². The second kappa shape index (κ2) is 8.82. The predicted molar refractivity (Wildman–Crippen MR) is 116 cm³/mol. The van der Waals surface area contributed by atoms with Crippen LogP contribution in [0.4, 0.5) is 0 Å². The molecule has 1 heterocycles. The van der Waals surface area contributed by atoms with Crippen LogP contribution in [-0.4, -0.2) is 37.4 Å². The molecule has 29 heavy (non-hydrogen) atoms. The monoisotopic (exact) mass is 406 g/mol. The summed E-state index contributed by atoms with van der Waals surface area (Å²) in [6, 6.07) is 18.6. The molecule has 2 aromatic carbocycles. The van der Waals surface area contributed by atoms with Gasteiger partial charge < -0.3 is 4.90 Å². The fourth-order valence-electron chi connectivity index (χ4n) is 3.60. The van der Waals surface area contributed by atoms with Crippen LogP contribution >= 0.6 is 11.8 Å². The van der Waals surface area contributed by atoms with Crippen molar-refractivity contribution in [3.8, 4) is 5.69 Å². The Morgan fingerprint density at radius 2 is 1.90 bits per heavy atom. The largest absolute Gasteiger partial charge is 0.335 e. The highest BCUT2D eigenvalue weighted by atomic mass is 32.2. The summed E-state index contributed by atoms with van der Waals surface area (Å²) in [6.07, 6.45) is 4.15. The molecule has 0 bridgehead atoms. The Labute approximate surface area is 176 Å². The third kappa shape index (κ3) is 4.70. The van der Waals surface area contributed by atoms with Crippen LogP contribution in [0.5, 0.6) is 0 Å². The molecular formula is C23H26N4OS. The first-order valence-electron chi connectivity index (χ1n) is 10.1. The van der Waals surface area contributed by atoms with Gasteiger partial charge in [-0.2, -0.15) is 0 Å². The molecule has 0 radical (unpaired) electrons. The van der Waals surface area contributed by atoms with E-state index in [9.17, 15) is 4.79 Å². The summed E-state index contributed by atoms with van der Waals surface area (Å²) >= 11 is 1.45. The van der Waals surface area contributed by atoms with Gasteiger partial charge in [-0.1, -0.05) is 60.3 Å². The second-order valence-electron chi connectivity index (χ2n) is 7.64. The van der Waals surface area contributed by atoms with Crippen molar-refractivity contribution in [3.63, 3.8) is 0 Å². The van der Waals surface area contributed by atoms with Crippen LogP contribution in [0.25, 0.3) is 5.69 Å². The first-order valence-corrected chi connectivity index (χ1v) is 11.0. The highest BCUT2D eigenvalue weighted by molar-refractivity contribution is 7.99. The summed E-state index contributed by atoms with van der Waals surface area (Å²) in [4.78, 5) is 15.2. The number of carbonyl (C=O) groups excluding carboxylic acids is 1. The van der Waals surface area contributed by atoms with Gasteiger partial charge in [0.25, 0.3) is 0 Å². The van der Waals surface area contributed by atoms with Crippen molar-refractivity contribution in [1.29, 1.82) is 0 Å². The zero-order chi connectivity index (χ0) is 20.2. The Kier molecular flexibility index (Phi) is 6.00. The maximum absolute atomic E-state index is 13.2. The van der Waals surface area contributed by atoms with Crippen LogP contribution in [0, 0.1) is 12.8 Å². The zero-order valence-electron chi connectivity index (χ0n) is 16.9. The molecule has 0 saturated heterocycles. The number of nitrogens with zero attached hydrogens (tertiary/aromatic N) is 4. The van der Waals surface area contributed by atoms with Crippen molar-refractivity contribution in [3.05, 3.63) is 72.1 Å². The van der Waals surface area contributed by atoms with Gasteiger partial charge in [-0.3, -0.25) is 9.36 Å². The number of hydrogen-bond donors (Lipinski definition) is 0. The summed E-state index contributed by atoms with van der Waals surface area (Å²) in [5.41, 5.74) is 3.36. The highest BCUT2D eigenvalue weighted by Crippen LogP contribution is 2.36.